The molecule has 0 saturated heterocycles. The SMILES string of the molecule is CCOC(=O)c1oc2ccccc2c1CSc1nnc(-c2cc(C)cc(C)c2)o1. The molecule has 0 radical (unpaired) electrons. The van der Waals surface area contributed by atoms with Crippen LogP contribution in [-0.4, -0.2) is 22.8 Å². The van der Waals surface area contributed by atoms with Crippen molar-refractivity contribution in [2.45, 2.75) is 31.7 Å². The fraction of sp³-hybridized carbons (Fsp3) is 0.227. The van der Waals surface area contributed by atoms with Crippen LogP contribution in [0.4, 0.5) is 0 Å². The zero-order valence-electron chi connectivity index (χ0n) is 16.4. The maximum Gasteiger partial charge on any atom is 0.374 e. The Bertz CT molecular complexity index is 1160. The lowest BCUT2D eigenvalue weighted by Crippen LogP contribution is -2.05. The van der Waals surface area contributed by atoms with E-state index in [1.807, 2.05) is 50.2 Å². The van der Waals surface area contributed by atoms with Crippen LogP contribution in [0.15, 0.2) is 56.5 Å². The van der Waals surface area contributed by atoms with Crippen molar-refractivity contribution in [3.8, 4) is 11.5 Å². The van der Waals surface area contributed by atoms with E-state index in [4.69, 9.17) is 13.6 Å². The van der Waals surface area contributed by atoms with Crippen LogP contribution in [-0.2, 0) is 10.5 Å². The zero-order chi connectivity index (χ0) is 20.4. The molecule has 0 aliphatic carbocycles. The molecule has 7 heteroatoms. The molecule has 0 bridgehead atoms. The average molecular weight is 408 g/mol. The van der Waals surface area contributed by atoms with Crippen molar-refractivity contribution >= 4 is 28.7 Å². The molecule has 148 valence electrons. The lowest BCUT2D eigenvalue weighted by molar-refractivity contribution is 0.0491. The van der Waals surface area contributed by atoms with Crippen molar-refractivity contribution in [3.05, 3.63) is 64.9 Å². The normalized spacial score (nSPS) is 11.1. The fourth-order valence-corrected chi connectivity index (χ4v) is 4.01. The number of para-hydroxylation sites is 1. The second kappa shape index (κ2) is 8.13. The first-order valence-electron chi connectivity index (χ1n) is 9.27. The number of hydrogen-bond donors (Lipinski definition) is 0. The lowest BCUT2D eigenvalue weighted by atomic mass is 10.1. The molecule has 0 saturated carbocycles. The smallest absolute Gasteiger partial charge is 0.374 e. The molecular formula is C22H20N2O4S. The molecule has 0 atom stereocenters. The predicted molar refractivity (Wildman–Crippen MR) is 111 cm³/mol. The summed E-state index contributed by atoms with van der Waals surface area (Å²) in [6.45, 7) is 6.11. The molecule has 0 aliphatic rings. The first-order valence-corrected chi connectivity index (χ1v) is 10.3. The number of nitrogens with zero attached hydrogens (tertiary/aromatic N) is 2. The summed E-state index contributed by atoms with van der Waals surface area (Å²) in [5, 5.41) is 9.61. The van der Waals surface area contributed by atoms with Crippen LogP contribution in [0, 0.1) is 13.8 Å². The highest BCUT2D eigenvalue weighted by molar-refractivity contribution is 7.98. The summed E-state index contributed by atoms with van der Waals surface area (Å²) in [7, 11) is 0. The summed E-state index contributed by atoms with van der Waals surface area (Å²) in [5.74, 6) is 0.664. The van der Waals surface area contributed by atoms with Crippen LogP contribution >= 0.6 is 11.8 Å². The fourth-order valence-electron chi connectivity index (χ4n) is 3.22. The number of aryl methyl sites for hydroxylation is 2. The van der Waals surface area contributed by atoms with Crippen LogP contribution in [0.25, 0.3) is 22.4 Å². The molecule has 0 fully saturated rings. The van der Waals surface area contributed by atoms with Gasteiger partial charge in [0, 0.05) is 22.3 Å². The summed E-state index contributed by atoms with van der Waals surface area (Å²) in [5.41, 5.74) is 4.57. The monoisotopic (exact) mass is 408 g/mol. The number of furan rings is 1. The third-order valence-electron chi connectivity index (χ3n) is 4.37. The van der Waals surface area contributed by atoms with Gasteiger partial charge in [0.1, 0.15) is 5.58 Å². The molecule has 29 heavy (non-hydrogen) atoms. The summed E-state index contributed by atoms with van der Waals surface area (Å²) in [6, 6.07) is 13.6. The molecule has 0 unspecified atom stereocenters. The van der Waals surface area contributed by atoms with Gasteiger partial charge in [0.15, 0.2) is 0 Å². The Hall–Kier alpha value is -3.06. The highest BCUT2D eigenvalue weighted by atomic mass is 32.2. The Morgan fingerprint density at radius 2 is 1.83 bits per heavy atom. The minimum Gasteiger partial charge on any atom is -0.460 e. The second-order valence-electron chi connectivity index (χ2n) is 6.66. The van der Waals surface area contributed by atoms with Crippen LogP contribution in [0.5, 0.6) is 0 Å². The van der Waals surface area contributed by atoms with Gasteiger partial charge < -0.3 is 13.6 Å². The molecule has 6 nitrogen and oxygen atoms in total. The van der Waals surface area contributed by atoms with Gasteiger partial charge in [-0.15, -0.1) is 10.2 Å². The highest BCUT2D eigenvalue weighted by Crippen LogP contribution is 2.33. The minimum absolute atomic E-state index is 0.217. The van der Waals surface area contributed by atoms with Gasteiger partial charge in [0.05, 0.1) is 6.61 Å². The molecule has 4 rings (SSSR count). The van der Waals surface area contributed by atoms with E-state index in [0.717, 1.165) is 27.6 Å². The zero-order valence-corrected chi connectivity index (χ0v) is 17.2. The minimum atomic E-state index is -0.472. The van der Waals surface area contributed by atoms with Crippen LogP contribution in [0.3, 0.4) is 0 Å². The third kappa shape index (κ3) is 4.05. The van der Waals surface area contributed by atoms with Crippen molar-refractivity contribution in [2.24, 2.45) is 0 Å². The number of benzene rings is 2. The second-order valence-corrected chi connectivity index (χ2v) is 7.59. The molecule has 0 N–H and O–H groups in total. The van der Waals surface area contributed by atoms with Gasteiger partial charge in [-0.25, -0.2) is 4.79 Å². The highest BCUT2D eigenvalue weighted by Gasteiger charge is 2.22. The Morgan fingerprint density at radius 3 is 2.59 bits per heavy atom. The van der Waals surface area contributed by atoms with Gasteiger partial charge in [-0.1, -0.05) is 47.2 Å². The Labute approximate surface area is 172 Å². The topological polar surface area (TPSA) is 78.4 Å². The summed E-state index contributed by atoms with van der Waals surface area (Å²) in [6.07, 6.45) is 0. The number of esters is 1. The molecule has 2 heterocycles. The number of rotatable bonds is 6. The summed E-state index contributed by atoms with van der Waals surface area (Å²) < 4.78 is 16.7. The van der Waals surface area contributed by atoms with Gasteiger partial charge in [-0.05, 0) is 39.0 Å². The molecule has 4 aromatic rings. The largest absolute Gasteiger partial charge is 0.460 e. The quantitative estimate of drug-likeness (QED) is 0.305. The number of fused-ring (bicyclic) bond motifs is 1. The number of aromatic nitrogens is 2. The Morgan fingerprint density at radius 1 is 1.07 bits per heavy atom. The van der Waals surface area contributed by atoms with E-state index >= 15 is 0 Å². The lowest BCUT2D eigenvalue weighted by Gasteiger charge is -2.02. The number of hydrogen-bond acceptors (Lipinski definition) is 7. The van der Waals surface area contributed by atoms with Crippen molar-refractivity contribution < 1.29 is 18.4 Å². The van der Waals surface area contributed by atoms with E-state index in [-0.39, 0.29) is 12.4 Å². The molecule has 0 aliphatic heterocycles. The van der Waals surface area contributed by atoms with E-state index in [9.17, 15) is 4.79 Å². The van der Waals surface area contributed by atoms with Crippen molar-refractivity contribution in [1.29, 1.82) is 0 Å². The Balaban J connectivity index is 1.59. The Kier molecular flexibility index (Phi) is 5.40. The van der Waals surface area contributed by atoms with Crippen LogP contribution < -0.4 is 0 Å². The first-order chi connectivity index (χ1) is 14.0. The number of carbonyl (C=O) groups excluding carboxylic acids is 1. The van der Waals surface area contributed by atoms with E-state index < -0.39 is 5.97 Å². The standard InChI is InChI=1S/C22H20N2O4S/c1-4-26-21(25)19-17(16-7-5-6-8-18(16)27-19)12-29-22-24-23-20(28-22)15-10-13(2)9-14(3)11-15/h5-11H,4,12H2,1-3H3. The molecule has 2 aromatic heterocycles. The van der Waals surface area contributed by atoms with E-state index in [2.05, 4.69) is 16.3 Å². The van der Waals surface area contributed by atoms with Gasteiger partial charge in [-0.2, -0.15) is 0 Å². The summed E-state index contributed by atoms with van der Waals surface area (Å²) in [4.78, 5) is 12.3. The van der Waals surface area contributed by atoms with E-state index in [1.165, 1.54) is 11.8 Å². The summed E-state index contributed by atoms with van der Waals surface area (Å²) >= 11 is 1.36. The third-order valence-corrected chi connectivity index (χ3v) is 5.22. The number of ether oxygens (including phenoxy) is 1. The number of thioether (sulfide) groups is 1. The van der Waals surface area contributed by atoms with Gasteiger partial charge in [-0.3, -0.25) is 0 Å². The van der Waals surface area contributed by atoms with Crippen molar-refractivity contribution in [2.75, 3.05) is 6.61 Å². The van der Waals surface area contributed by atoms with Gasteiger partial charge in [0.25, 0.3) is 5.22 Å². The van der Waals surface area contributed by atoms with Gasteiger partial charge in [0.2, 0.25) is 11.7 Å². The molecular weight excluding hydrogens is 388 g/mol. The number of carbonyl (C=O) groups is 1. The van der Waals surface area contributed by atoms with Crippen LogP contribution in [0.2, 0.25) is 0 Å². The van der Waals surface area contributed by atoms with E-state index in [0.29, 0.717) is 22.4 Å². The maximum atomic E-state index is 12.3. The molecule has 0 spiro atoms. The molecule has 0 amide bonds. The van der Waals surface area contributed by atoms with Crippen LogP contribution in [0.1, 0.15) is 34.2 Å². The average Bonchev–Trinajstić information content (AvgIpc) is 3.30. The van der Waals surface area contributed by atoms with E-state index in [1.54, 1.807) is 6.92 Å². The van der Waals surface area contributed by atoms with Crippen molar-refractivity contribution in [3.63, 3.8) is 0 Å². The maximum absolute atomic E-state index is 12.3. The first kappa shape index (κ1) is 19.3. The predicted octanol–water partition coefficient (Wildman–Crippen LogP) is 5.57. The van der Waals surface area contributed by atoms with Gasteiger partial charge >= 0.3 is 5.97 Å². The van der Waals surface area contributed by atoms with Crippen molar-refractivity contribution in [1.82, 2.24) is 10.2 Å². The molecule has 2 aromatic carbocycles.